The zero-order valence-corrected chi connectivity index (χ0v) is 63.1. The molecule has 16 atom stereocenters. The molecule has 0 aromatic heterocycles. The molecule has 2 unspecified atom stereocenters. The van der Waals surface area contributed by atoms with Crippen molar-refractivity contribution in [1.82, 2.24) is 73.2 Å². The van der Waals surface area contributed by atoms with Gasteiger partial charge >= 0.3 is 5.97 Å². The Morgan fingerprint density at radius 2 is 0.858 bits per heavy atom. The van der Waals surface area contributed by atoms with Crippen LogP contribution in [0.2, 0.25) is 0 Å². The average molecular weight is 1520 g/mol. The van der Waals surface area contributed by atoms with Crippen LogP contribution in [0.4, 0.5) is 0 Å². The first-order chi connectivity index (χ1) is 50.7. The van der Waals surface area contributed by atoms with Crippen LogP contribution in [0.1, 0.15) is 156 Å². The largest absolute Gasteiger partial charge is 0.481 e. The molecule has 2 aromatic rings. The summed E-state index contributed by atoms with van der Waals surface area (Å²) in [7, 11) is 1.81. The van der Waals surface area contributed by atoms with Crippen LogP contribution in [0, 0.1) is 11.8 Å². The molecule has 31 nitrogen and oxygen atoms in total. The number of hydrogen-bond donors (Lipinski definition) is 13. The molecule has 14 amide bonds. The summed E-state index contributed by atoms with van der Waals surface area (Å²) in [4.78, 5) is 223. The summed E-state index contributed by atoms with van der Waals surface area (Å²) in [6.45, 7) is 11.3. The van der Waals surface area contributed by atoms with E-state index in [1.54, 1.807) is 81.4 Å². The van der Waals surface area contributed by atoms with E-state index in [4.69, 9.17) is 0 Å². The van der Waals surface area contributed by atoms with Crippen molar-refractivity contribution in [2.24, 2.45) is 11.8 Å². The third kappa shape index (κ3) is 23.6. The molecule has 0 aliphatic carbocycles. The topological polar surface area (TPSA) is 439 Å². The fraction of sp³-hybridized carbons (Fsp3) is 0.630. The summed E-state index contributed by atoms with van der Waals surface area (Å²) in [5, 5.41) is 50.4. The van der Waals surface area contributed by atoms with Crippen molar-refractivity contribution in [3.63, 3.8) is 0 Å². The predicted octanol–water partition coefficient (Wildman–Crippen LogP) is 0.146. The number of fused-ring (bicyclic) bond motifs is 8. The molecule has 13 N–H and O–H groups in total. The maximum Gasteiger partial charge on any atom is 0.305 e. The lowest BCUT2D eigenvalue weighted by Gasteiger charge is -2.35. The maximum absolute atomic E-state index is 15.4. The third-order valence-electron chi connectivity index (χ3n) is 20.2. The number of hydrogen-bond acceptors (Lipinski definition) is 18. The van der Waals surface area contributed by atoms with Crippen molar-refractivity contribution in [1.29, 1.82) is 0 Å². The first-order valence-corrected chi connectivity index (χ1v) is 39.6. The van der Waals surface area contributed by atoms with E-state index >= 15 is 33.6 Å². The quantitative estimate of drug-likeness (QED) is 0.0937. The summed E-state index contributed by atoms with van der Waals surface area (Å²) >= 11 is 0. The average Bonchev–Trinajstić information content (AvgIpc) is 1.62. The first kappa shape index (κ1) is 84.4. The number of nitrogens with one attached hydrogen (secondary N) is 11. The number of aliphatic carboxylic acids is 1. The second kappa shape index (κ2) is 41.3. The highest BCUT2D eigenvalue weighted by atomic mass is 33.1. The van der Waals surface area contributed by atoms with Gasteiger partial charge in [0.2, 0.25) is 82.7 Å². The van der Waals surface area contributed by atoms with Crippen LogP contribution in [0.3, 0.4) is 0 Å². The zero-order valence-electron chi connectivity index (χ0n) is 61.5. The lowest BCUT2D eigenvalue weighted by Crippen LogP contribution is -2.62. The molecule has 7 rings (SSSR count). The number of benzene rings is 2. The molecular formula is C73H106N14O17S2. The third-order valence-corrected chi connectivity index (χ3v) is 22.6. The minimum Gasteiger partial charge on any atom is -0.481 e. The highest BCUT2D eigenvalue weighted by Gasteiger charge is 2.47. The van der Waals surface area contributed by atoms with Gasteiger partial charge in [-0.05, 0) is 81.3 Å². The van der Waals surface area contributed by atoms with Crippen LogP contribution >= 0.6 is 21.6 Å². The molecule has 0 saturated carbocycles. The molecule has 5 fully saturated rings. The first-order valence-electron chi connectivity index (χ1n) is 37.1. The Hall–Kier alpha value is -8.85. The maximum atomic E-state index is 15.4. The molecular weight excluding hydrogens is 1410 g/mol. The van der Waals surface area contributed by atoms with Crippen LogP contribution in [0.25, 0.3) is 0 Å². The number of carbonyl (C=O) groups is 15. The van der Waals surface area contributed by atoms with E-state index in [1.807, 2.05) is 20.8 Å². The number of aliphatic hydroxyl groups is 1. The fourth-order valence-corrected chi connectivity index (χ4v) is 15.9. The van der Waals surface area contributed by atoms with Crippen molar-refractivity contribution in [2.45, 2.75) is 242 Å². The van der Waals surface area contributed by atoms with E-state index in [2.05, 4.69) is 58.5 Å². The van der Waals surface area contributed by atoms with Gasteiger partial charge in [0.1, 0.15) is 78.5 Å². The Kier molecular flexibility index (Phi) is 32.9. The number of rotatable bonds is 17. The predicted molar refractivity (Wildman–Crippen MR) is 394 cm³/mol. The number of amides is 14. The molecule has 582 valence electrons. The van der Waals surface area contributed by atoms with Crippen molar-refractivity contribution in [3.05, 3.63) is 71.8 Å². The molecule has 2 bridgehead atoms. The van der Waals surface area contributed by atoms with E-state index in [1.165, 1.54) is 14.7 Å². The van der Waals surface area contributed by atoms with Gasteiger partial charge in [-0.15, -0.1) is 0 Å². The normalized spacial score (nSPS) is 28.4. The zero-order chi connectivity index (χ0) is 77.3. The van der Waals surface area contributed by atoms with E-state index in [9.17, 15) is 48.6 Å². The Morgan fingerprint density at radius 3 is 1.37 bits per heavy atom. The molecule has 0 spiro atoms. The van der Waals surface area contributed by atoms with Crippen LogP contribution in [0.15, 0.2) is 60.7 Å². The van der Waals surface area contributed by atoms with Crippen molar-refractivity contribution < 1.29 is 82.1 Å². The lowest BCUT2D eigenvalue weighted by atomic mass is 9.96. The molecule has 5 saturated heterocycles. The smallest absolute Gasteiger partial charge is 0.305 e. The van der Waals surface area contributed by atoms with Crippen molar-refractivity contribution in [2.75, 3.05) is 37.7 Å². The van der Waals surface area contributed by atoms with Crippen LogP contribution in [0.5, 0.6) is 0 Å². The van der Waals surface area contributed by atoms with Crippen molar-refractivity contribution in [3.8, 4) is 0 Å². The number of carboxylic acid groups (broad SMARTS) is 1. The number of carboxylic acids is 1. The summed E-state index contributed by atoms with van der Waals surface area (Å²) in [5.74, 6) is -15.4. The molecule has 5 aliphatic heterocycles. The Labute approximate surface area is 626 Å². The van der Waals surface area contributed by atoms with Gasteiger partial charge in [0.15, 0.2) is 0 Å². The lowest BCUT2D eigenvalue weighted by molar-refractivity contribution is -0.149. The molecule has 33 heteroatoms. The SMILES string of the molecule is CCCCC1NC(=O)[C@H](Cc2ccccc2)NC(=O)C(CCCC)NC(=O)[C@@H]2CSSC[C@H](NC(=O)[C@H]([C@@H](C)CC)NC(=O)[C@@H]3CCCN3C(=O)[C@@H]3CCCN3C(=O)[C@H]([C@@H](C)CC)NC1=O)C(=O)N[C@@H](Cc1ccccc1)C(=O)N1CCC[C@H]1C(=O)N[C@@H](CC(=O)O)C(=O)NCC(=O)N[C@@H]([C@@H](C)O)C(=O)N2. The van der Waals surface area contributed by atoms with Gasteiger partial charge in [0.05, 0.1) is 19.1 Å². The Bertz CT molecular complexity index is 3450. The van der Waals surface area contributed by atoms with Gasteiger partial charge < -0.3 is 83.4 Å². The second-order valence-corrected chi connectivity index (χ2v) is 30.6. The monoisotopic (exact) mass is 1510 g/mol. The van der Waals surface area contributed by atoms with E-state index in [-0.39, 0.29) is 76.8 Å². The molecule has 5 aliphatic rings. The van der Waals surface area contributed by atoms with Crippen LogP contribution in [-0.2, 0) is 84.8 Å². The summed E-state index contributed by atoms with van der Waals surface area (Å²) in [6.07, 6.45) is 1.18. The summed E-state index contributed by atoms with van der Waals surface area (Å²) in [5.41, 5.74) is 1.15. The minimum atomic E-state index is -1.87. The van der Waals surface area contributed by atoms with Gasteiger partial charge in [-0.1, -0.05) is 162 Å². The van der Waals surface area contributed by atoms with Gasteiger partial charge in [-0.3, -0.25) is 71.9 Å². The Balaban J connectivity index is 1.35. The molecule has 106 heavy (non-hydrogen) atoms. The number of carbonyl (C=O) groups excluding carboxylic acids is 14. The second-order valence-electron chi connectivity index (χ2n) is 28.1. The van der Waals surface area contributed by atoms with Crippen LogP contribution < -0.4 is 58.5 Å². The van der Waals surface area contributed by atoms with E-state index < -0.39 is 204 Å². The van der Waals surface area contributed by atoms with Crippen molar-refractivity contribution >= 4 is 110 Å². The highest BCUT2D eigenvalue weighted by Crippen LogP contribution is 2.29. The van der Waals surface area contributed by atoms with Gasteiger partial charge in [0.25, 0.3) is 0 Å². The van der Waals surface area contributed by atoms with Gasteiger partial charge in [-0.2, -0.15) is 0 Å². The van der Waals surface area contributed by atoms with Gasteiger partial charge in [0, 0.05) is 44.0 Å². The number of aliphatic hydroxyl groups excluding tert-OH is 1. The number of unbranched alkanes of at least 4 members (excludes halogenated alkanes) is 2. The number of nitrogens with zero attached hydrogens (tertiary/aromatic N) is 3. The molecule has 2 aromatic carbocycles. The van der Waals surface area contributed by atoms with E-state index in [0.717, 1.165) is 28.5 Å². The van der Waals surface area contributed by atoms with Crippen LogP contribution in [-0.4, -0.2) is 236 Å². The summed E-state index contributed by atoms with van der Waals surface area (Å²) in [6, 6.07) is -1.38. The molecule has 5 heterocycles. The molecule has 0 radical (unpaired) electrons. The van der Waals surface area contributed by atoms with Gasteiger partial charge in [-0.25, -0.2) is 0 Å². The van der Waals surface area contributed by atoms with E-state index in [0.29, 0.717) is 62.5 Å². The highest BCUT2D eigenvalue weighted by molar-refractivity contribution is 8.76. The Morgan fingerprint density at radius 1 is 0.443 bits per heavy atom. The minimum absolute atomic E-state index is 0.0269. The standard InChI is InChI=1S/C73H106N14O17S2/c1-8-12-27-46-62(93)77-48(35-44-23-16-14-17-24-44)64(95)75-47(28-13-9-2)63(94)84-59(42(6)11-4)73(104)87-34-22-31-55(87)72(103)86-33-21-30-54(86)68(99)83-58(41(5)10-3)69(100)80-52-40-106-105-39-51(65(96)76-46)81-70(101)60(43(7)88)82-56(89)38-74-61(92)49(37-57(90)91)78-67(98)53-29-20-32-85(53)71(102)50(79-66(52)97)36-45-25-18-15-19-26-45/h14-19,23-26,41-43,46-55,58-60,88H,8-13,20-22,27-40H2,1-7H3,(H,74,92)(H,75,95)(H,76,96)(H,77,93)(H,78,98)(H,79,97)(H,80,100)(H,81,101)(H,82,89)(H,83,99)(H,84,94)(H,90,91)/t41-,42-,43+,46?,47?,48-,49-,50-,51-,52-,53-,54-,55-,58-,59-,60-/m0/s1. The fourth-order valence-electron chi connectivity index (χ4n) is 13.6. The summed E-state index contributed by atoms with van der Waals surface area (Å²) < 4.78 is 0.